The fourth-order valence-corrected chi connectivity index (χ4v) is 7.30. The number of aromatic nitrogens is 1. The van der Waals surface area contributed by atoms with E-state index in [-0.39, 0.29) is 10.0 Å². The number of aryl methyl sites for hydroxylation is 1. The molecule has 6 nitrogen and oxygen atoms in total. The van der Waals surface area contributed by atoms with Gasteiger partial charge in [-0.05, 0) is 49.4 Å². The van der Waals surface area contributed by atoms with Crippen molar-refractivity contribution in [3.63, 3.8) is 0 Å². The molecule has 2 aromatic heterocycles. The number of thiazole rings is 1. The van der Waals surface area contributed by atoms with Gasteiger partial charge < -0.3 is 4.57 Å². The smallest absolute Gasteiger partial charge is 0.266 e. The standard InChI is InChI=1S/C18H18FN3O3S3/c1-2-21-13-8-7-12(19)11-15(13)27-18(21)20-17(23)14-5-3-9-22(14)28(24,25)16-6-4-10-26-16/h4,6-8,10-11,14H,2-3,5,9H2,1H3. The van der Waals surface area contributed by atoms with Crippen LogP contribution < -0.4 is 4.80 Å². The Morgan fingerprint density at radius 2 is 2.18 bits per heavy atom. The summed E-state index contributed by atoms with van der Waals surface area (Å²) in [7, 11) is -3.71. The Kier molecular flexibility index (Phi) is 5.21. The van der Waals surface area contributed by atoms with Crippen molar-refractivity contribution in [2.24, 2.45) is 4.99 Å². The largest absolute Gasteiger partial charge is 0.317 e. The second-order valence-electron chi connectivity index (χ2n) is 6.40. The number of nitrogens with zero attached hydrogens (tertiary/aromatic N) is 3. The van der Waals surface area contributed by atoms with E-state index < -0.39 is 22.0 Å². The fourth-order valence-electron chi connectivity index (χ4n) is 3.41. The lowest BCUT2D eigenvalue weighted by atomic mass is 10.2. The highest BCUT2D eigenvalue weighted by atomic mass is 32.2. The number of hydrogen-bond donors (Lipinski definition) is 0. The first-order chi connectivity index (χ1) is 13.4. The van der Waals surface area contributed by atoms with E-state index in [4.69, 9.17) is 0 Å². The van der Waals surface area contributed by atoms with Gasteiger partial charge in [0.05, 0.1) is 10.2 Å². The summed E-state index contributed by atoms with van der Waals surface area (Å²) in [5, 5.41) is 1.70. The molecule has 1 unspecified atom stereocenters. The van der Waals surface area contributed by atoms with Gasteiger partial charge in [0.2, 0.25) is 0 Å². The number of amides is 1. The summed E-state index contributed by atoms with van der Waals surface area (Å²) in [6, 6.07) is 6.87. The molecule has 1 saturated heterocycles. The van der Waals surface area contributed by atoms with Crippen LogP contribution in [0, 0.1) is 5.82 Å². The van der Waals surface area contributed by atoms with Crippen molar-refractivity contribution in [2.45, 2.75) is 36.6 Å². The Hall–Kier alpha value is -1.88. The number of carbonyl (C=O) groups excluding carboxylic acids is 1. The molecule has 0 saturated carbocycles. The average molecular weight is 440 g/mol. The Labute approximate surface area is 169 Å². The zero-order valence-electron chi connectivity index (χ0n) is 15.0. The number of thiophene rings is 1. The predicted octanol–water partition coefficient (Wildman–Crippen LogP) is 3.20. The summed E-state index contributed by atoms with van der Waals surface area (Å²) < 4.78 is 43.3. The quantitative estimate of drug-likeness (QED) is 0.627. The molecule has 1 aromatic carbocycles. The molecule has 28 heavy (non-hydrogen) atoms. The van der Waals surface area contributed by atoms with Crippen LogP contribution in [0.25, 0.3) is 10.2 Å². The molecule has 0 N–H and O–H groups in total. The summed E-state index contributed by atoms with van der Waals surface area (Å²) in [4.78, 5) is 17.6. The van der Waals surface area contributed by atoms with Crippen LogP contribution in [-0.4, -0.2) is 35.8 Å². The zero-order chi connectivity index (χ0) is 19.9. The van der Waals surface area contributed by atoms with Crippen LogP contribution in [0.15, 0.2) is 44.9 Å². The first-order valence-electron chi connectivity index (χ1n) is 8.84. The molecule has 1 amide bonds. The maximum atomic E-state index is 13.5. The van der Waals surface area contributed by atoms with Crippen LogP contribution >= 0.6 is 22.7 Å². The van der Waals surface area contributed by atoms with E-state index in [9.17, 15) is 17.6 Å². The molecular weight excluding hydrogens is 421 g/mol. The van der Waals surface area contributed by atoms with Gasteiger partial charge in [-0.25, -0.2) is 12.8 Å². The van der Waals surface area contributed by atoms with Crippen LogP contribution in [-0.2, 0) is 21.4 Å². The minimum atomic E-state index is -3.71. The number of sulfonamides is 1. The van der Waals surface area contributed by atoms with Gasteiger partial charge in [0.25, 0.3) is 15.9 Å². The lowest BCUT2D eigenvalue weighted by Crippen LogP contribution is -2.40. The fraction of sp³-hybridized carbons (Fsp3) is 0.333. The van der Waals surface area contributed by atoms with Gasteiger partial charge in [-0.3, -0.25) is 4.79 Å². The van der Waals surface area contributed by atoms with Crippen molar-refractivity contribution in [3.05, 3.63) is 46.3 Å². The molecule has 3 heterocycles. The van der Waals surface area contributed by atoms with Crippen LogP contribution in [0.3, 0.4) is 0 Å². The maximum Gasteiger partial charge on any atom is 0.266 e. The summed E-state index contributed by atoms with van der Waals surface area (Å²) in [6.07, 6.45) is 1.06. The molecule has 1 atom stereocenters. The van der Waals surface area contributed by atoms with Crippen molar-refractivity contribution < 1.29 is 17.6 Å². The summed E-state index contributed by atoms with van der Waals surface area (Å²) >= 11 is 2.36. The molecule has 148 valence electrons. The second-order valence-corrected chi connectivity index (χ2v) is 10.5. The van der Waals surface area contributed by atoms with Crippen LogP contribution in [0.2, 0.25) is 0 Å². The molecule has 3 aromatic rings. The third-order valence-electron chi connectivity index (χ3n) is 4.71. The van der Waals surface area contributed by atoms with Crippen molar-refractivity contribution in [2.75, 3.05) is 6.54 Å². The monoisotopic (exact) mass is 439 g/mol. The third-order valence-corrected chi connectivity index (χ3v) is 9.04. The van der Waals surface area contributed by atoms with Gasteiger partial charge in [-0.1, -0.05) is 17.4 Å². The summed E-state index contributed by atoms with van der Waals surface area (Å²) in [5.41, 5.74) is 0.801. The van der Waals surface area contributed by atoms with Crippen LogP contribution in [0.1, 0.15) is 19.8 Å². The van der Waals surface area contributed by atoms with Gasteiger partial charge in [0, 0.05) is 13.1 Å². The molecule has 10 heteroatoms. The SMILES string of the molecule is CCn1c(=NC(=O)C2CCCN2S(=O)(=O)c2cccs2)sc2cc(F)ccc21. The molecule has 0 bridgehead atoms. The molecule has 0 spiro atoms. The summed E-state index contributed by atoms with van der Waals surface area (Å²) in [5.74, 6) is -0.828. The Morgan fingerprint density at radius 3 is 2.89 bits per heavy atom. The average Bonchev–Trinajstić information content (AvgIpc) is 3.40. The topological polar surface area (TPSA) is 71.7 Å². The molecule has 4 rings (SSSR count). The number of halogens is 1. The predicted molar refractivity (Wildman–Crippen MR) is 107 cm³/mol. The van der Waals surface area contributed by atoms with E-state index in [0.717, 1.165) is 16.9 Å². The van der Waals surface area contributed by atoms with E-state index in [0.29, 0.717) is 35.4 Å². The number of benzene rings is 1. The zero-order valence-corrected chi connectivity index (χ0v) is 17.5. The van der Waals surface area contributed by atoms with E-state index in [1.54, 1.807) is 23.6 Å². The van der Waals surface area contributed by atoms with E-state index >= 15 is 0 Å². The number of fused-ring (bicyclic) bond motifs is 1. The van der Waals surface area contributed by atoms with Crippen LogP contribution in [0.4, 0.5) is 4.39 Å². The van der Waals surface area contributed by atoms with Gasteiger partial charge in [-0.2, -0.15) is 9.30 Å². The summed E-state index contributed by atoms with van der Waals surface area (Å²) in [6.45, 7) is 2.79. The number of carbonyl (C=O) groups is 1. The normalized spacial score (nSPS) is 18.9. The van der Waals surface area contributed by atoms with E-state index in [1.807, 2.05) is 11.5 Å². The number of rotatable bonds is 4. The van der Waals surface area contributed by atoms with E-state index in [2.05, 4.69) is 4.99 Å². The van der Waals surface area contributed by atoms with Gasteiger partial charge >= 0.3 is 0 Å². The van der Waals surface area contributed by atoms with Crippen molar-refractivity contribution in [3.8, 4) is 0 Å². The highest BCUT2D eigenvalue weighted by molar-refractivity contribution is 7.91. The minimum Gasteiger partial charge on any atom is -0.317 e. The van der Waals surface area contributed by atoms with Crippen LogP contribution in [0.5, 0.6) is 0 Å². The second kappa shape index (κ2) is 7.51. The minimum absolute atomic E-state index is 0.230. The lowest BCUT2D eigenvalue weighted by molar-refractivity contribution is -0.121. The highest BCUT2D eigenvalue weighted by Crippen LogP contribution is 2.29. The van der Waals surface area contributed by atoms with E-state index in [1.165, 1.54) is 27.8 Å². The molecule has 0 aliphatic carbocycles. The molecule has 1 aliphatic heterocycles. The van der Waals surface area contributed by atoms with Gasteiger partial charge in [-0.15, -0.1) is 11.3 Å². The Morgan fingerprint density at radius 1 is 1.36 bits per heavy atom. The molecule has 0 radical (unpaired) electrons. The van der Waals surface area contributed by atoms with Crippen molar-refractivity contribution >= 4 is 48.8 Å². The molecule has 1 aliphatic rings. The van der Waals surface area contributed by atoms with Crippen molar-refractivity contribution in [1.82, 2.24) is 8.87 Å². The lowest BCUT2D eigenvalue weighted by Gasteiger charge is -2.20. The number of hydrogen-bond acceptors (Lipinski definition) is 5. The van der Waals surface area contributed by atoms with Crippen molar-refractivity contribution in [1.29, 1.82) is 0 Å². The van der Waals surface area contributed by atoms with Gasteiger partial charge in [0.15, 0.2) is 4.80 Å². The highest BCUT2D eigenvalue weighted by Gasteiger charge is 2.39. The maximum absolute atomic E-state index is 13.5. The Bertz CT molecular complexity index is 1200. The molecular formula is C18H18FN3O3S3. The molecule has 1 fully saturated rings. The van der Waals surface area contributed by atoms with Gasteiger partial charge in [0.1, 0.15) is 16.1 Å². The first kappa shape index (κ1) is 19.4. The first-order valence-corrected chi connectivity index (χ1v) is 12.0. The third kappa shape index (κ3) is 3.34. The Balaban J connectivity index is 1.72.